The number of carboxylic acids is 1. The summed E-state index contributed by atoms with van der Waals surface area (Å²) >= 11 is 0. The lowest BCUT2D eigenvalue weighted by Gasteiger charge is -2.04. The Balaban J connectivity index is 1.98. The van der Waals surface area contributed by atoms with E-state index in [4.69, 9.17) is 5.11 Å². The van der Waals surface area contributed by atoms with Crippen molar-refractivity contribution in [2.45, 2.75) is 6.54 Å². The van der Waals surface area contributed by atoms with Gasteiger partial charge in [0.15, 0.2) is 0 Å². The molecule has 0 unspecified atom stereocenters. The normalized spacial score (nSPS) is 9.88. The Kier molecular flexibility index (Phi) is 3.25. The van der Waals surface area contributed by atoms with Crippen LogP contribution in [0.3, 0.4) is 0 Å². The van der Waals surface area contributed by atoms with E-state index in [1.54, 1.807) is 18.3 Å². The highest BCUT2D eigenvalue weighted by Gasteiger charge is 2.03. The third kappa shape index (κ3) is 2.97. The Hall–Kier alpha value is -2.50. The van der Waals surface area contributed by atoms with E-state index in [1.165, 1.54) is 12.3 Å². The summed E-state index contributed by atoms with van der Waals surface area (Å²) in [6, 6.07) is 6.75. The van der Waals surface area contributed by atoms with Gasteiger partial charge in [-0.3, -0.25) is 0 Å². The lowest BCUT2D eigenvalue weighted by atomic mass is 10.3. The van der Waals surface area contributed by atoms with Crippen LogP contribution in [0, 0.1) is 0 Å². The van der Waals surface area contributed by atoms with Crippen LogP contribution in [0.25, 0.3) is 0 Å². The smallest absolute Gasteiger partial charge is 0.354 e. The van der Waals surface area contributed by atoms with Crippen LogP contribution in [0.2, 0.25) is 0 Å². The molecule has 0 aliphatic rings. The number of anilines is 1. The maximum absolute atomic E-state index is 10.6. The maximum atomic E-state index is 10.6. The second-order valence-corrected chi connectivity index (χ2v) is 3.31. The molecule has 0 radical (unpaired) electrons. The van der Waals surface area contributed by atoms with Gasteiger partial charge in [-0.05, 0) is 24.3 Å². The summed E-state index contributed by atoms with van der Waals surface area (Å²) < 4.78 is 0. The Morgan fingerprint density at radius 3 is 2.82 bits per heavy atom. The molecule has 0 aliphatic heterocycles. The van der Waals surface area contributed by atoms with Crippen molar-refractivity contribution in [3.8, 4) is 0 Å². The molecule has 0 amide bonds. The SMILES string of the molecule is O=C(O)c1ccc(NCc2cccnn2)cn1. The third-order valence-electron chi connectivity index (χ3n) is 2.08. The van der Waals surface area contributed by atoms with Crippen molar-refractivity contribution >= 4 is 11.7 Å². The number of hydrogen-bond donors (Lipinski definition) is 2. The summed E-state index contributed by atoms with van der Waals surface area (Å²) in [5.41, 5.74) is 1.56. The summed E-state index contributed by atoms with van der Waals surface area (Å²) in [6.45, 7) is 0.516. The van der Waals surface area contributed by atoms with E-state index < -0.39 is 5.97 Å². The molecule has 0 aromatic carbocycles. The molecule has 6 nitrogen and oxygen atoms in total. The number of rotatable bonds is 4. The van der Waals surface area contributed by atoms with Gasteiger partial charge in [-0.2, -0.15) is 10.2 Å². The van der Waals surface area contributed by atoms with E-state index in [-0.39, 0.29) is 5.69 Å². The van der Waals surface area contributed by atoms with Gasteiger partial charge in [0.1, 0.15) is 5.69 Å². The van der Waals surface area contributed by atoms with E-state index in [0.29, 0.717) is 6.54 Å². The second-order valence-electron chi connectivity index (χ2n) is 3.31. The number of aromatic carboxylic acids is 1. The average Bonchev–Trinajstić information content (AvgIpc) is 2.38. The second kappa shape index (κ2) is 5.02. The first-order valence-corrected chi connectivity index (χ1v) is 4.95. The molecule has 2 N–H and O–H groups in total. The van der Waals surface area contributed by atoms with Gasteiger partial charge in [0.25, 0.3) is 0 Å². The summed E-state index contributed by atoms with van der Waals surface area (Å²) in [5.74, 6) is -1.04. The third-order valence-corrected chi connectivity index (χ3v) is 2.08. The van der Waals surface area contributed by atoms with E-state index in [2.05, 4.69) is 20.5 Å². The van der Waals surface area contributed by atoms with Crippen molar-refractivity contribution in [1.82, 2.24) is 15.2 Å². The molecule has 2 heterocycles. The summed E-state index contributed by atoms with van der Waals surface area (Å²) in [5, 5.41) is 19.4. The summed E-state index contributed by atoms with van der Waals surface area (Å²) in [6.07, 6.45) is 3.08. The zero-order chi connectivity index (χ0) is 12.1. The number of hydrogen-bond acceptors (Lipinski definition) is 5. The zero-order valence-electron chi connectivity index (χ0n) is 8.87. The quantitative estimate of drug-likeness (QED) is 0.820. The van der Waals surface area contributed by atoms with Gasteiger partial charge < -0.3 is 10.4 Å². The molecule has 86 valence electrons. The van der Waals surface area contributed by atoms with Crippen molar-refractivity contribution in [1.29, 1.82) is 0 Å². The number of aromatic nitrogens is 3. The molecule has 0 saturated carbocycles. The molecule has 0 aliphatic carbocycles. The monoisotopic (exact) mass is 230 g/mol. The first kappa shape index (κ1) is 11.0. The highest BCUT2D eigenvalue weighted by atomic mass is 16.4. The Bertz CT molecular complexity index is 499. The minimum Gasteiger partial charge on any atom is -0.477 e. The number of nitrogens with one attached hydrogen (secondary N) is 1. The first-order chi connectivity index (χ1) is 8.25. The summed E-state index contributed by atoms with van der Waals surface area (Å²) in [7, 11) is 0. The van der Waals surface area contributed by atoms with Crippen LogP contribution in [-0.4, -0.2) is 26.3 Å². The van der Waals surface area contributed by atoms with Crippen molar-refractivity contribution in [3.05, 3.63) is 48.0 Å². The topological polar surface area (TPSA) is 88.0 Å². The molecule has 0 atom stereocenters. The Morgan fingerprint density at radius 2 is 2.24 bits per heavy atom. The molecule has 6 heteroatoms. The molecule has 0 fully saturated rings. The predicted octanol–water partition coefficient (Wildman–Crippen LogP) is 1.18. The van der Waals surface area contributed by atoms with Crippen molar-refractivity contribution < 1.29 is 9.90 Å². The molecule has 0 bridgehead atoms. The van der Waals surface area contributed by atoms with Gasteiger partial charge in [0, 0.05) is 6.20 Å². The van der Waals surface area contributed by atoms with Crippen molar-refractivity contribution in [2.75, 3.05) is 5.32 Å². The van der Waals surface area contributed by atoms with Crippen molar-refractivity contribution in [3.63, 3.8) is 0 Å². The van der Waals surface area contributed by atoms with Crippen molar-refractivity contribution in [2.24, 2.45) is 0 Å². The Labute approximate surface area is 97.4 Å². The molecule has 2 aromatic heterocycles. The molecular weight excluding hydrogens is 220 g/mol. The highest BCUT2D eigenvalue weighted by Crippen LogP contribution is 2.07. The summed E-state index contributed by atoms with van der Waals surface area (Å²) in [4.78, 5) is 14.4. The highest BCUT2D eigenvalue weighted by molar-refractivity contribution is 5.85. The van der Waals surface area contributed by atoms with Gasteiger partial charge >= 0.3 is 5.97 Å². The first-order valence-electron chi connectivity index (χ1n) is 4.95. The van der Waals surface area contributed by atoms with Gasteiger partial charge in [-0.15, -0.1) is 0 Å². The van der Waals surface area contributed by atoms with E-state index in [1.807, 2.05) is 6.07 Å². The molecule has 2 aromatic rings. The zero-order valence-corrected chi connectivity index (χ0v) is 8.87. The number of carboxylic acid groups (broad SMARTS) is 1. The number of pyridine rings is 1. The lowest BCUT2D eigenvalue weighted by Crippen LogP contribution is -2.04. The van der Waals surface area contributed by atoms with Crippen LogP contribution >= 0.6 is 0 Å². The average molecular weight is 230 g/mol. The standard InChI is InChI=1S/C11H10N4O2/c16-11(17)10-4-3-8(6-13-10)12-7-9-2-1-5-14-15-9/h1-6,12H,7H2,(H,16,17). The largest absolute Gasteiger partial charge is 0.477 e. The van der Waals surface area contributed by atoms with Gasteiger partial charge in [-0.25, -0.2) is 9.78 Å². The Morgan fingerprint density at radius 1 is 1.35 bits per heavy atom. The van der Waals surface area contributed by atoms with Crippen LogP contribution in [-0.2, 0) is 6.54 Å². The van der Waals surface area contributed by atoms with E-state index >= 15 is 0 Å². The fourth-order valence-electron chi connectivity index (χ4n) is 1.25. The van der Waals surface area contributed by atoms with Gasteiger partial charge in [0.05, 0.1) is 24.1 Å². The fraction of sp³-hybridized carbons (Fsp3) is 0.0909. The van der Waals surface area contributed by atoms with E-state index in [9.17, 15) is 4.79 Å². The fourth-order valence-corrected chi connectivity index (χ4v) is 1.25. The van der Waals surface area contributed by atoms with Crippen LogP contribution in [0.1, 0.15) is 16.2 Å². The molecule has 0 spiro atoms. The van der Waals surface area contributed by atoms with Gasteiger partial charge in [0.2, 0.25) is 0 Å². The van der Waals surface area contributed by atoms with Crippen LogP contribution < -0.4 is 5.32 Å². The maximum Gasteiger partial charge on any atom is 0.354 e. The molecule has 0 saturated heterocycles. The lowest BCUT2D eigenvalue weighted by molar-refractivity contribution is 0.0690. The van der Waals surface area contributed by atoms with Crippen LogP contribution in [0.5, 0.6) is 0 Å². The number of nitrogens with zero attached hydrogens (tertiary/aromatic N) is 3. The minimum absolute atomic E-state index is 0.0232. The molecule has 2 rings (SSSR count). The molecular formula is C11H10N4O2. The van der Waals surface area contributed by atoms with E-state index in [0.717, 1.165) is 11.4 Å². The van der Waals surface area contributed by atoms with Gasteiger partial charge in [-0.1, -0.05) is 0 Å². The van der Waals surface area contributed by atoms with Crippen LogP contribution in [0.15, 0.2) is 36.7 Å². The number of carbonyl (C=O) groups is 1. The molecule has 17 heavy (non-hydrogen) atoms. The minimum atomic E-state index is -1.04. The predicted molar refractivity (Wildman–Crippen MR) is 60.6 cm³/mol. The van der Waals surface area contributed by atoms with Crippen LogP contribution in [0.4, 0.5) is 5.69 Å².